The second kappa shape index (κ2) is 10.9. The van der Waals surface area contributed by atoms with Crippen LogP contribution in [0.25, 0.3) is 104 Å². The first-order valence-corrected chi connectivity index (χ1v) is 17.8. The predicted molar refractivity (Wildman–Crippen MR) is 211 cm³/mol. The van der Waals surface area contributed by atoms with Gasteiger partial charge in [-0.2, -0.15) is 0 Å². The van der Waals surface area contributed by atoms with Gasteiger partial charge in [0.25, 0.3) is 0 Å². The minimum Gasteiger partial charge on any atom is -0.456 e. The van der Waals surface area contributed by atoms with Gasteiger partial charge in [0, 0.05) is 64.1 Å². The van der Waals surface area contributed by atoms with Gasteiger partial charge in [-0.15, -0.1) is 11.3 Å². The lowest BCUT2D eigenvalue weighted by Gasteiger charge is -2.12. The summed E-state index contributed by atoms with van der Waals surface area (Å²) in [6.45, 7) is 0. The second-order valence-electron chi connectivity index (χ2n) is 12.8. The fraction of sp³-hybridized carbons (Fsp3) is 0. The van der Waals surface area contributed by atoms with Crippen LogP contribution in [-0.4, -0.2) is 19.5 Å². The molecule has 11 rings (SSSR count). The van der Waals surface area contributed by atoms with Crippen LogP contribution in [-0.2, 0) is 0 Å². The molecule has 51 heavy (non-hydrogen) atoms. The van der Waals surface area contributed by atoms with Crippen LogP contribution in [0.1, 0.15) is 0 Å². The molecule has 0 amide bonds. The van der Waals surface area contributed by atoms with E-state index in [9.17, 15) is 0 Å². The number of nitrogens with zero attached hydrogens (tertiary/aromatic N) is 4. The van der Waals surface area contributed by atoms with Crippen molar-refractivity contribution in [3.05, 3.63) is 158 Å². The van der Waals surface area contributed by atoms with Crippen molar-refractivity contribution in [3.63, 3.8) is 0 Å². The quantitative estimate of drug-likeness (QED) is 0.187. The Kier molecular flexibility index (Phi) is 6.05. The number of hydrogen-bond acceptors (Lipinski definition) is 5. The van der Waals surface area contributed by atoms with Gasteiger partial charge in [-0.3, -0.25) is 0 Å². The molecule has 4 heterocycles. The maximum atomic E-state index is 6.31. The fourth-order valence-electron chi connectivity index (χ4n) is 7.51. The first-order valence-electron chi connectivity index (χ1n) is 16.9. The molecule has 0 spiro atoms. The van der Waals surface area contributed by atoms with Crippen LogP contribution in [0.4, 0.5) is 0 Å². The predicted octanol–water partition coefficient (Wildman–Crippen LogP) is 12.2. The first-order chi connectivity index (χ1) is 25.3. The Labute approximate surface area is 295 Å². The molecule has 11 aromatic rings. The Morgan fingerprint density at radius 3 is 2.02 bits per heavy atom. The van der Waals surface area contributed by atoms with E-state index in [-0.39, 0.29) is 0 Å². The number of rotatable bonds is 4. The average Bonchev–Trinajstić information content (AvgIpc) is 3.86. The van der Waals surface area contributed by atoms with E-state index in [0.717, 1.165) is 60.7 Å². The van der Waals surface area contributed by atoms with E-state index in [1.54, 1.807) is 11.3 Å². The van der Waals surface area contributed by atoms with Gasteiger partial charge in [0.1, 0.15) is 11.2 Å². The summed E-state index contributed by atoms with van der Waals surface area (Å²) in [5.74, 6) is 1.93. The van der Waals surface area contributed by atoms with E-state index >= 15 is 0 Å². The van der Waals surface area contributed by atoms with Crippen LogP contribution in [0.2, 0.25) is 0 Å². The highest BCUT2D eigenvalue weighted by Gasteiger charge is 2.19. The van der Waals surface area contributed by atoms with Crippen molar-refractivity contribution in [1.29, 1.82) is 0 Å². The minimum atomic E-state index is 0.628. The molecular weight excluding hydrogens is 645 g/mol. The summed E-state index contributed by atoms with van der Waals surface area (Å²) in [5, 5.41) is 6.99. The molecule has 5 nitrogen and oxygen atoms in total. The smallest absolute Gasteiger partial charge is 0.165 e. The van der Waals surface area contributed by atoms with Gasteiger partial charge in [0.2, 0.25) is 0 Å². The highest BCUT2D eigenvalue weighted by atomic mass is 32.1. The topological polar surface area (TPSA) is 56.7 Å². The van der Waals surface area contributed by atoms with Gasteiger partial charge in [-0.1, -0.05) is 109 Å². The lowest BCUT2D eigenvalue weighted by Crippen LogP contribution is -2.01. The van der Waals surface area contributed by atoms with Crippen LogP contribution in [0, 0.1) is 0 Å². The van der Waals surface area contributed by atoms with Crippen molar-refractivity contribution >= 4 is 75.3 Å². The van der Waals surface area contributed by atoms with Crippen LogP contribution >= 0.6 is 11.3 Å². The van der Waals surface area contributed by atoms with Crippen molar-refractivity contribution in [2.75, 3.05) is 0 Å². The number of aromatic nitrogens is 4. The molecule has 0 aliphatic heterocycles. The van der Waals surface area contributed by atoms with E-state index in [1.807, 2.05) is 30.3 Å². The molecule has 0 radical (unpaired) electrons. The molecule has 7 aromatic carbocycles. The SMILES string of the molecule is c1ccc(-c2nc(-c3cccc(-n4c5ccccc5c5cc6oc7ccccc7c6cc54)c3)nc(-c3cccc4c3sc3ccccc34)n2)cc1. The summed E-state index contributed by atoms with van der Waals surface area (Å²) in [6.07, 6.45) is 0. The molecule has 0 atom stereocenters. The summed E-state index contributed by atoms with van der Waals surface area (Å²) in [4.78, 5) is 15.4. The van der Waals surface area contributed by atoms with E-state index in [1.165, 1.54) is 25.6 Å². The minimum absolute atomic E-state index is 0.628. The molecule has 0 aliphatic carbocycles. The molecule has 6 heteroatoms. The van der Waals surface area contributed by atoms with Crippen molar-refractivity contribution in [2.24, 2.45) is 0 Å². The van der Waals surface area contributed by atoms with Gasteiger partial charge in [0.05, 0.1) is 11.0 Å². The van der Waals surface area contributed by atoms with E-state index < -0.39 is 0 Å². The molecule has 0 saturated heterocycles. The summed E-state index contributed by atoms with van der Waals surface area (Å²) in [5.41, 5.74) is 7.91. The van der Waals surface area contributed by atoms with Gasteiger partial charge in [-0.25, -0.2) is 15.0 Å². The Morgan fingerprint density at radius 2 is 1.12 bits per heavy atom. The van der Waals surface area contributed by atoms with Crippen LogP contribution in [0.15, 0.2) is 162 Å². The Balaban J connectivity index is 1.14. The Bertz CT molecular complexity index is 3150. The number of para-hydroxylation sites is 2. The highest BCUT2D eigenvalue weighted by Crippen LogP contribution is 2.41. The van der Waals surface area contributed by atoms with Crippen molar-refractivity contribution in [3.8, 4) is 39.9 Å². The monoisotopic (exact) mass is 670 g/mol. The highest BCUT2D eigenvalue weighted by molar-refractivity contribution is 7.26. The van der Waals surface area contributed by atoms with Gasteiger partial charge in [0.15, 0.2) is 17.5 Å². The number of furan rings is 1. The molecule has 0 aliphatic rings. The Morgan fingerprint density at radius 1 is 0.431 bits per heavy atom. The normalized spacial score (nSPS) is 11.9. The lowest BCUT2D eigenvalue weighted by atomic mass is 10.1. The van der Waals surface area contributed by atoms with Crippen LogP contribution < -0.4 is 0 Å². The molecule has 0 N–H and O–H groups in total. The average molecular weight is 671 g/mol. The van der Waals surface area contributed by atoms with Crippen molar-refractivity contribution < 1.29 is 4.42 Å². The third-order valence-electron chi connectivity index (χ3n) is 9.85. The summed E-state index contributed by atoms with van der Waals surface area (Å²) >= 11 is 1.78. The molecule has 238 valence electrons. The van der Waals surface area contributed by atoms with Crippen molar-refractivity contribution in [2.45, 2.75) is 0 Å². The number of fused-ring (bicyclic) bond motifs is 9. The first kappa shape index (κ1) is 28.2. The molecule has 0 bridgehead atoms. The standard InChI is InChI=1S/C45H26N4OS/c1-2-12-27(13-3-1)43-46-44(48-45(47-43)34-20-11-19-33-32-18-6-9-23-41(32)51-42(33)34)28-14-10-15-29(24-28)49-37-21-7-4-16-30(37)35-26-40-36(25-38(35)49)31-17-5-8-22-39(31)50-40/h1-26H. The molecule has 0 saturated carbocycles. The third-order valence-corrected chi connectivity index (χ3v) is 11.1. The summed E-state index contributed by atoms with van der Waals surface area (Å²) < 4.78 is 11.1. The van der Waals surface area contributed by atoms with Crippen LogP contribution in [0.3, 0.4) is 0 Å². The summed E-state index contributed by atoms with van der Waals surface area (Å²) in [6, 6.07) is 54.9. The zero-order valence-corrected chi connectivity index (χ0v) is 27.9. The van der Waals surface area contributed by atoms with Gasteiger partial charge >= 0.3 is 0 Å². The maximum absolute atomic E-state index is 6.31. The van der Waals surface area contributed by atoms with Gasteiger partial charge in [-0.05, 0) is 48.5 Å². The fourth-order valence-corrected chi connectivity index (χ4v) is 8.73. The zero-order chi connectivity index (χ0) is 33.5. The molecular formula is C45H26N4OS. The van der Waals surface area contributed by atoms with Crippen molar-refractivity contribution in [1.82, 2.24) is 19.5 Å². The Hall–Kier alpha value is -6.63. The number of thiophene rings is 1. The lowest BCUT2D eigenvalue weighted by molar-refractivity contribution is 0.669. The van der Waals surface area contributed by atoms with Crippen LogP contribution in [0.5, 0.6) is 0 Å². The number of benzene rings is 7. The molecule has 4 aromatic heterocycles. The third kappa shape index (κ3) is 4.37. The van der Waals surface area contributed by atoms with E-state index in [2.05, 4.69) is 132 Å². The molecule has 0 fully saturated rings. The largest absolute Gasteiger partial charge is 0.456 e. The van der Waals surface area contributed by atoms with E-state index in [4.69, 9.17) is 19.4 Å². The zero-order valence-electron chi connectivity index (χ0n) is 27.1. The second-order valence-corrected chi connectivity index (χ2v) is 13.9. The molecule has 0 unspecified atom stereocenters. The van der Waals surface area contributed by atoms with E-state index in [0.29, 0.717) is 17.5 Å². The maximum Gasteiger partial charge on any atom is 0.165 e. The number of hydrogen-bond donors (Lipinski definition) is 0. The summed E-state index contributed by atoms with van der Waals surface area (Å²) in [7, 11) is 0. The van der Waals surface area contributed by atoms with Gasteiger partial charge < -0.3 is 8.98 Å².